The van der Waals surface area contributed by atoms with E-state index in [0.29, 0.717) is 33.9 Å². The number of nitrogens with two attached hydrogens (primary N) is 1. The molecule has 0 radical (unpaired) electrons. The van der Waals surface area contributed by atoms with Crippen molar-refractivity contribution in [1.29, 1.82) is 0 Å². The number of primary amides is 1. The molecule has 2 aromatic heterocycles. The minimum absolute atomic E-state index is 0.00317. The van der Waals surface area contributed by atoms with Crippen molar-refractivity contribution >= 4 is 57.5 Å². The highest BCUT2D eigenvalue weighted by Gasteiger charge is 2.26. The summed E-state index contributed by atoms with van der Waals surface area (Å²) in [6.45, 7) is 9.63. The van der Waals surface area contributed by atoms with E-state index in [1.54, 1.807) is 32.9 Å². The third-order valence-electron chi connectivity index (χ3n) is 5.11. The zero-order chi connectivity index (χ0) is 27.3. The number of esters is 1. The number of thioether (sulfide) groups is 1. The Morgan fingerprint density at radius 2 is 1.97 bits per heavy atom. The fourth-order valence-corrected chi connectivity index (χ4v) is 5.53. The van der Waals surface area contributed by atoms with Gasteiger partial charge in [0.25, 0.3) is 5.91 Å². The van der Waals surface area contributed by atoms with Crippen LogP contribution in [-0.4, -0.2) is 44.4 Å². The maximum absolute atomic E-state index is 12.8. The van der Waals surface area contributed by atoms with Crippen molar-refractivity contribution in [3.63, 3.8) is 0 Å². The number of benzene rings is 1. The van der Waals surface area contributed by atoms with E-state index in [9.17, 15) is 14.4 Å². The molecule has 2 heterocycles. The molecule has 0 aliphatic heterocycles. The smallest absolute Gasteiger partial charge is 0.341 e. The fourth-order valence-electron chi connectivity index (χ4n) is 3.42. The van der Waals surface area contributed by atoms with Crippen LogP contribution in [0.4, 0.5) is 5.00 Å². The predicted molar refractivity (Wildman–Crippen MR) is 144 cm³/mol. The Kier molecular flexibility index (Phi) is 9.57. The molecule has 0 saturated heterocycles. The molecule has 1 aromatic carbocycles. The molecule has 0 atom stereocenters. The molecule has 3 aromatic rings. The quantitative estimate of drug-likeness (QED) is 0.254. The summed E-state index contributed by atoms with van der Waals surface area (Å²) in [6, 6.07) is 5.37. The number of hydrogen-bond acceptors (Lipinski definition) is 9. The Balaban J connectivity index is 1.69. The summed E-state index contributed by atoms with van der Waals surface area (Å²) in [5.74, 6) is -0.408. The number of carbonyl (C=O) groups is 3. The van der Waals surface area contributed by atoms with Crippen molar-refractivity contribution in [1.82, 2.24) is 14.8 Å². The van der Waals surface area contributed by atoms with Crippen LogP contribution in [-0.2, 0) is 22.7 Å². The first-order valence-electron chi connectivity index (χ1n) is 11.4. The maximum Gasteiger partial charge on any atom is 0.341 e. The van der Waals surface area contributed by atoms with E-state index < -0.39 is 11.9 Å². The minimum Gasteiger partial charge on any atom is -0.485 e. The summed E-state index contributed by atoms with van der Waals surface area (Å²) in [4.78, 5) is 37.4. The molecular weight excluding hydrogens is 538 g/mol. The number of rotatable bonds is 11. The Morgan fingerprint density at radius 1 is 1.24 bits per heavy atom. The van der Waals surface area contributed by atoms with E-state index in [1.165, 1.54) is 11.8 Å². The molecule has 0 bridgehead atoms. The van der Waals surface area contributed by atoms with Gasteiger partial charge in [0, 0.05) is 11.6 Å². The highest BCUT2D eigenvalue weighted by Crippen LogP contribution is 2.34. The Bertz CT molecular complexity index is 1320. The molecule has 3 rings (SSSR count). The lowest BCUT2D eigenvalue weighted by atomic mass is 10.1. The normalized spacial score (nSPS) is 11.0. The summed E-state index contributed by atoms with van der Waals surface area (Å²) in [5, 5.41) is 12.5. The van der Waals surface area contributed by atoms with Gasteiger partial charge in [-0.1, -0.05) is 23.4 Å². The molecule has 0 unspecified atom stereocenters. The Labute approximate surface area is 227 Å². The predicted octanol–water partition coefficient (Wildman–Crippen LogP) is 4.60. The number of ether oxygens (including phenoxy) is 2. The number of nitrogens with one attached hydrogen (secondary N) is 1. The standard InChI is InChI=1S/C24H28ClN5O5S2/c1-6-30-17(10-34-16-8-7-15(25)9-13(16)4)28-29-24(30)36-11-18(31)27-22-19(23(33)35-12(2)3)14(5)20(37-22)21(26)32/h7-9,12H,6,10-11H2,1-5H3,(H2,26,32)(H,27,31). The molecule has 0 fully saturated rings. The first-order valence-corrected chi connectivity index (χ1v) is 13.6. The fraction of sp³-hybridized carbons (Fsp3) is 0.375. The molecule has 0 spiro atoms. The highest BCUT2D eigenvalue weighted by molar-refractivity contribution is 7.99. The van der Waals surface area contributed by atoms with Gasteiger partial charge in [0.2, 0.25) is 5.91 Å². The average Bonchev–Trinajstić information content (AvgIpc) is 3.36. The second kappa shape index (κ2) is 12.4. The second-order valence-electron chi connectivity index (χ2n) is 8.26. The number of aryl methyl sites for hydroxylation is 1. The third kappa shape index (κ3) is 7.02. The molecule has 2 amide bonds. The summed E-state index contributed by atoms with van der Waals surface area (Å²) < 4.78 is 13.0. The first kappa shape index (κ1) is 28.5. The number of halogens is 1. The van der Waals surface area contributed by atoms with Crippen LogP contribution in [0.2, 0.25) is 5.02 Å². The average molecular weight is 566 g/mol. The van der Waals surface area contributed by atoms with Crippen molar-refractivity contribution in [2.24, 2.45) is 5.73 Å². The van der Waals surface area contributed by atoms with Gasteiger partial charge in [-0.3, -0.25) is 9.59 Å². The van der Waals surface area contributed by atoms with Gasteiger partial charge in [0.1, 0.15) is 17.4 Å². The zero-order valence-electron chi connectivity index (χ0n) is 21.1. The van der Waals surface area contributed by atoms with Crippen LogP contribution in [0.1, 0.15) is 57.8 Å². The SMILES string of the molecule is CCn1c(COc2ccc(Cl)cc2C)nnc1SCC(=O)Nc1sc(C(N)=O)c(C)c1C(=O)OC(C)C. The van der Waals surface area contributed by atoms with E-state index in [-0.39, 0.29) is 39.8 Å². The van der Waals surface area contributed by atoms with Crippen LogP contribution in [0.3, 0.4) is 0 Å². The molecular formula is C24H28ClN5O5S2. The van der Waals surface area contributed by atoms with Gasteiger partial charge in [0.05, 0.1) is 22.3 Å². The van der Waals surface area contributed by atoms with Gasteiger partial charge >= 0.3 is 5.97 Å². The number of amides is 2. The van der Waals surface area contributed by atoms with Crippen LogP contribution >= 0.6 is 34.7 Å². The Hall–Kier alpha value is -3.09. The number of anilines is 1. The maximum atomic E-state index is 12.8. The van der Waals surface area contributed by atoms with Crippen molar-refractivity contribution in [2.75, 3.05) is 11.1 Å². The van der Waals surface area contributed by atoms with Crippen molar-refractivity contribution in [3.8, 4) is 5.75 Å². The lowest BCUT2D eigenvalue weighted by Gasteiger charge is -2.11. The molecule has 0 saturated carbocycles. The van der Waals surface area contributed by atoms with E-state index in [1.807, 2.05) is 24.5 Å². The summed E-state index contributed by atoms with van der Waals surface area (Å²) in [7, 11) is 0. The summed E-state index contributed by atoms with van der Waals surface area (Å²) in [6.07, 6.45) is -0.370. The molecule has 0 aliphatic carbocycles. The molecule has 13 heteroatoms. The Morgan fingerprint density at radius 3 is 2.59 bits per heavy atom. The largest absolute Gasteiger partial charge is 0.485 e. The number of thiophene rings is 1. The molecule has 37 heavy (non-hydrogen) atoms. The van der Waals surface area contributed by atoms with E-state index >= 15 is 0 Å². The van der Waals surface area contributed by atoms with Crippen LogP contribution in [0.15, 0.2) is 23.4 Å². The van der Waals surface area contributed by atoms with Crippen LogP contribution in [0.5, 0.6) is 5.75 Å². The third-order valence-corrected chi connectivity index (χ3v) is 7.53. The zero-order valence-corrected chi connectivity index (χ0v) is 23.5. The summed E-state index contributed by atoms with van der Waals surface area (Å²) >= 11 is 8.14. The van der Waals surface area contributed by atoms with Crippen molar-refractivity contribution in [2.45, 2.75) is 59.0 Å². The second-order valence-corrected chi connectivity index (χ2v) is 10.7. The molecule has 10 nitrogen and oxygen atoms in total. The van der Waals surface area contributed by atoms with Gasteiger partial charge < -0.3 is 25.1 Å². The van der Waals surface area contributed by atoms with Crippen LogP contribution in [0.25, 0.3) is 0 Å². The number of hydrogen-bond donors (Lipinski definition) is 2. The van der Waals surface area contributed by atoms with Crippen LogP contribution in [0, 0.1) is 13.8 Å². The highest BCUT2D eigenvalue weighted by atomic mass is 35.5. The topological polar surface area (TPSA) is 138 Å². The van der Waals surface area contributed by atoms with Gasteiger partial charge in [-0.2, -0.15) is 0 Å². The monoisotopic (exact) mass is 565 g/mol. The van der Waals surface area contributed by atoms with E-state index in [0.717, 1.165) is 16.9 Å². The van der Waals surface area contributed by atoms with Crippen molar-refractivity contribution < 1.29 is 23.9 Å². The number of carbonyl (C=O) groups excluding carboxylic acids is 3. The van der Waals surface area contributed by atoms with Gasteiger partial charge in [-0.05, 0) is 63.9 Å². The van der Waals surface area contributed by atoms with Crippen molar-refractivity contribution in [3.05, 3.63) is 50.6 Å². The molecule has 0 aliphatic rings. The first-order chi connectivity index (χ1) is 17.5. The van der Waals surface area contributed by atoms with Gasteiger partial charge in [-0.25, -0.2) is 4.79 Å². The van der Waals surface area contributed by atoms with E-state index in [2.05, 4.69) is 15.5 Å². The van der Waals surface area contributed by atoms with Gasteiger partial charge in [-0.15, -0.1) is 21.5 Å². The van der Waals surface area contributed by atoms with Crippen LogP contribution < -0.4 is 15.8 Å². The number of aromatic nitrogens is 3. The minimum atomic E-state index is -0.685. The van der Waals surface area contributed by atoms with Gasteiger partial charge in [0.15, 0.2) is 11.0 Å². The van der Waals surface area contributed by atoms with E-state index in [4.69, 9.17) is 26.8 Å². The number of nitrogens with zero attached hydrogens (tertiary/aromatic N) is 3. The lowest BCUT2D eigenvalue weighted by molar-refractivity contribution is -0.113. The molecule has 3 N–H and O–H groups in total. The lowest BCUT2D eigenvalue weighted by Crippen LogP contribution is -2.18. The summed E-state index contributed by atoms with van der Waals surface area (Å²) in [5.41, 5.74) is 6.84. The molecule has 198 valence electrons.